The minimum atomic E-state index is -0.194. The largest absolute Gasteiger partial charge is 0.495 e. The van der Waals surface area contributed by atoms with Crippen molar-refractivity contribution in [2.75, 3.05) is 12.4 Å². The van der Waals surface area contributed by atoms with Crippen LogP contribution < -0.4 is 15.6 Å². The fourth-order valence-electron chi connectivity index (χ4n) is 2.45. The van der Waals surface area contributed by atoms with Crippen LogP contribution in [0.4, 0.5) is 5.69 Å². The lowest BCUT2D eigenvalue weighted by Gasteiger charge is -2.09. The fourth-order valence-corrected chi connectivity index (χ4v) is 2.45. The highest BCUT2D eigenvalue weighted by molar-refractivity contribution is 5.92. The molecule has 0 saturated heterocycles. The highest BCUT2D eigenvalue weighted by Gasteiger charge is 2.09. The number of para-hydroxylation sites is 3. The molecule has 0 bridgehead atoms. The minimum Gasteiger partial charge on any atom is -0.495 e. The van der Waals surface area contributed by atoms with E-state index in [1.165, 1.54) is 0 Å². The average Bonchev–Trinajstić information content (AvgIpc) is 2.60. The molecule has 0 atom stereocenters. The van der Waals surface area contributed by atoms with Gasteiger partial charge in [-0.3, -0.25) is 9.59 Å². The first-order valence-electron chi connectivity index (χ1n) is 7.58. The van der Waals surface area contributed by atoms with E-state index in [1.54, 1.807) is 37.4 Å². The first kappa shape index (κ1) is 15.7. The van der Waals surface area contributed by atoms with Crippen LogP contribution in [-0.2, 0) is 11.2 Å². The van der Waals surface area contributed by atoms with E-state index in [4.69, 9.17) is 4.74 Å². The summed E-state index contributed by atoms with van der Waals surface area (Å²) in [6.07, 6.45) is 0.556. The second-order valence-electron chi connectivity index (χ2n) is 5.28. The van der Waals surface area contributed by atoms with Crippen LogP contribution in [0.15, 0.2) is 53.3 Å². The number of ether oxygens (including phenoxy) is 1. The number of methoxy groups -OCH3 is 1. The number of hydrogen-bond donors (Lipinski definition) is 2. The number of anilines is 1. The molecule has 0 spiro atoms. The minimum absolute atomic E-state index is 0.171. The Morgan fingerprint density at radius 1 is 1.17 bits per heavy atom. The number of H-pyrrole nitrogens is 1. The third-order valence-corrected chi connectivity index (χ3v) is 3.63. The number of carbonyl (C=O) groups is 1. The quantitative estimate of drug-likeness (QED) is 0.755. The van der Waals surface area contributed by atoms with Gasteiger partial charge in [0.2, 0.25) is 5.91 Å². The summed E-state index contributed by atoms with van der Waals surface area (Å²) in [5.41, 5.74) is 1.05. The molecule has 6 nitrogen and oxygen atoms in total. The molecule has 3 aromatic rings. The Morgan fingerprint density at radius 2 is 1.92 bits per heavy atom. The predicted molar refractivity (Wildman–Crippen MR) is 92.3 cm³/mol. The number of carbonyl (C=O) groups excluding carboxylic acids is 1. The molecule has 1 amide bonds. The van der Waals surface area contributed by atoms with Gasteiger partial charge in [-0.05, 0) is 24.3 Å². The molecule has 24 heavy (non-hydrogen) atoms. The molecule has 3 rings (SSSR count). The zero-order valence-corrected chi connectivity index (χ0v) is 13.2. The number of aryl methyl sites for hydroxylation is 1. The molecule has 0 radical (unpaired) electrons. The molecule has 1 heterocycles. The van der Waals surface area contributed by atoms with Gasteiger partial charge in [0.15, 0.2) is 0 Å². The summed E-state index contributed by atoms with van der Waals surface area (Å²) in [5, 5.41) is 3.34. The van der Waals surface area contributed by atoms with E-state index in [1.807, 2.05) is 18.2 Å². The van der Waals surface area contributed by atoms with Gasteiger partial charge >= 0.3 is 0 Å². The molecule has 6 heteroatoms. The van der Waals surface area contributed by atoms with Crippen LogP contribution in [0, 0.1) is 0 Å². The van der Waals surface area contributed by atoms with Crippen LogP contribution >= 0.6 is 0 Å². The predicted octanol–water partition coefficient (Wildman–Crippen LogP) is 2.50. The van der Waals surface area contributed by atoms with Crippen molar-refractivity contribution in [1.29, 1.82) is 0 Å². The van der Waals surface area contributed by atoms with Crippen molar-refractivity contribution in [3.05, 3.63) is 64.7 Å². The topological polar surface area (TPSA) is 84.1 Å². The maximum Gasteiger partial charge on any atom is 0.258 e. The zero-order chi connectivity index (χ0) is 16.9. The van der Waals surface area contributed by atoms with Crippen LogP contribution in [0.1, 0.15) is 12.2 Å². The lowest BCUT2D eigenvalue weighted by Crippen LogP contribution is -2.16. The van der Waals surface area contributed by atoms with Gasteiger partial charge < -0.3 is 15.0 Å². The Morgan fingerprint density at radius 3 is 2.75 bits per heavy atom. The third-order valence-electron chi connectivity index (χ3n) is 3.63. The molecular weight excluding hydrogens is 306 g/mol. The number of aromatic nitrogens is 2. The smallest absolute Gasteiger partial charge is 0.258 e. The Kier molecular flexibility index (Phi) is 4.56. The number of amides is 1. The normalized spacial score (nSPS) is 10.5. The standard InChI is InChI=1S/C18H17N3O3/c1-24-15-9-5-4-8-14(15)20-17(22)11-10-16-19-13-7-3-2-6-12(13)18(23)21-16/h2-9H,10-11H2,1H3,(H,20,22)(H,19,21,23). The maximum absolute atomic E-state index is 12.1. The number of rotatable bonds is 5. The van der Waals surface area contributed by atoms with Crippen molar-refractivity contribution >= 4 is 22.5 Å². The van der Waals surface area contributed by atoms with Crippen LogP contribution in [-0.4, -0.2) is 23.0 Å². The summed E-state index contributed by atoms with van der Waals surface area (Å²) in [6.45, 7) is 0. The molecule has 0 unspecified atom stereocenters. The molecule has 122 valence electrons. The van der Waals surface area contributed by atoms with Crippen LogP contribution in [0.25, 0.3) is 10.9 Å². The molecule has 0 aliphatic heterocycles. The van der Waals surface area contributed by atoms with Crippen molar-refractivity contribution in [3.63, 3.8) is 0 Å². The van der Waals surface area contributed by atoms with E-state index in [9.17, 15) is 9.59 Å². The summed E-state index contributed by atoms with van der Waals surface area (Å²) >= 11 is 0. The zero-order valence-electron chi connectivity index (χ0n) is 13.2. The lowest BCUT2D eigenvalue weighted by atomic mass is 10.2. The first-order valence-corrected chi connectivity index (χ1v) is 7.58. The van der Waals surface area contributed by atoms with E-state index in [0.29, 0.717) is 34.6 Å². The van der Waals surface area contributed by atoms with Crippen LogP contribution in [0.5, 0.6) is 5.75 Å². The monoisotopic (exact) mass is 323 g/mol. The third kappa shape index (κ3) is 3.43. The van der Waals surface area contributed by atoms with Gasteiger partial charge in [0.25, 0.3) is 5.56 Å². The van der Waals surface area contributed by atoms with Gasteiger partial charge in [0.05, 0.1) is 23.7 Å². The van der Waals surface area contributed by atoms with E-state index >= 15 is 0 Å². The average molecular weight is 323 g/mol. The summed E-state index contributed by atoms with van der Waals surface area (Å²) in [6, 6.07) is 14.3. The molecular formula is C18H17N3O3. The highest BCUT2D eigenvalue weighted by Crippen LogP contribution is 2.23. The van der Waals surface area contributed by atoms with Gasteiger partial charge in [0, 0.05) is 12.8 Å². The molecule has 0 aliphatic carbocycles. The number of benzene rings is 2. The first-order chi connectivity index (χ1) is 11.7. The summed E-state index contributed by atoms with van der Waals surface area (Å²) in [4.78, 5) is 31.2. The van der Waals surface area contributed by atoms with Crippen molar-refractivity contribution in [2.24, 2.45) is 0 Å². The number of aromatic amines is 1. The van der Waals surface area contributed by atoms with Gasteiger partial charge in [-0.2, -0.15) is 0 Å². The van der Waals surface area contributed by atoms with Crippen LogP contribution in [0.2, 0.25) is 0 Å². The van der Waals surface area contributed by atoms with Gasteiger partial charge in [-0.25, -0.2) is 4.98 Å². The van der Waals surface area contributed by atoms with E-state index in [-0.39, 0.29) is 17.9 Å². The molecule has 2 aromatic carbocycles. The Hall–Kier alpha value is -3.15. The molecule has 0 saturated carbocycles. The number of fused-ring (bicyclic) bond motifs is 1. The second-order valence-corrected chi connectivity index (χ2v) is 5.28. The molecule has 0 fully saturated rings. The molecule has 1 aromatic heterocycles. The van der Waals surface area contributed by atoms with Gasteiger partial charge in [-0.15, -0.1) is 0 Å². The number of nitrogens with one attached hydrogen (secondary N) is 2. The Labute approximate surface area is 138 Å². The lowest BCUT2D eigenvalue weighted by molar-refractivity contribution is -0.116. The highest BCUT2D eigenvalue weighted by atomic mass is 16.5. The molecule has 0 aliphatic rings. The van der Waals surface area contributed by atoms with E-state index < -0.39 is 0 Å². The summed E-state index contributed by atoms with van der Waals surface area (Å²) in [7, 11) is 1.55. The Bertz CT molecular complexity index is 934. The molecule has 2 N–H and O–H groups in total. The van der Waals surface area contributed by atoms with Crippen molar-refractivity contribution in [1.82, 2.24) is 9.97 Å². The second kappa shape index (κ2) is 6.95. The Balaban J connectivity index is 1.69. The summed E-state index contributed by atoms with van der Waals surface area (Å²) in [5.74, 6) is 0.923. The number of nitrogens with zero attached hydrogens (tertiary/aromatic N) is 1. The fraction of sp³-hybridized carbons (Fsp3) is 0.167. The van der Waals surface area contributed by atoms with Crippen LogP contribution in [0.3, 0.4) is 0 Å². The maximum atomic E-state index is 12.1. The van der Waals surface area contributed by atoms with Gasteiger partial charge in [-0.1, -0.05) is 24.3 Å². The SMILES string of the molecule is COc1ccccc1NC(=O)CCc1nc2ccccc2c(=O)[nH]1. The van der Waals surface area contributed by atoms with Crippen molar-refractivity contribution in [2.45, 2.75) is 12.8 Å². The van der Waals surface area contributed by atoms with E-state index in [2.05, 4.69) is 15.3 Å². The number of hydrogen-bond acceptors (Lipinski definition) is 4. The van der Waals surface area contributed by atoms with Gasteiger partial charge in [0.1, 0.15) is 11.6 Å². The van der Waals surface area contributed by atoms with E-state index in [0.717, 1.165) is 0 Å². The van der Waals surface area contributed by atoms with Crippen molar-refractivity contribution in [3.8, 4) is 5.75 Å². The van der Waals surface area contributed by atoms with Crippen molar-refractivity contribution < 1.29 is 9.53 Å². The summed E-state index contributed by atoms with van der Waals surface area (Å²) < 4.78 is 5.20.